The third-order valence-electron chi connectivity index (χ3n) is 2.61. The van der Waals surface area contributed by atoms with Crippen LogP contribution in [0.1, 0.15) is 62.9 Å². The Morgan fingerprint density at radius 2 is 2.00 bits per heavy atom. The van der Waals surface area contributed by atoms with Gasteiger partial charge in [-0.2, -0.15) is 0 Å². The lowest BCUT2D eigenvalue weighted by Crippen LogP contribution is -1.94. The molecule has 0 fully saturated rings. The molecule has 1 rings (SSSR count). The summed E-state index contributed by atoms with van der Waals surface area (Å²) < 4.78 is 7.13. The van der Waals surface area contributed by atoms with Crippen LogP contribution in [0.2, 0.25) is 0 Å². The van der Waals surface area contributed by atoms with Gasteiger partial charge in [0.15, 0.2) is 0 Å². The van der Waals surface area contributed by atoms with Gasteiger partial charge in [-0.05, 0) is 30.9 Å². The van der Waals surface area contributed by atoms with Crippen molar-refractivity contribution in [3.63, 3.8) is 0 Å². The van der Waals surface area contributed by atoms with E-state index in [1.807, 2.05) is 26.8 Å². The molecule has 0 amide bonds. The molecule has 0 heterocycles. The Kier molecular flexibility index (Phi) is 7.40. The van der Waals surface area contributed by atoms with Crippen LogP contribution in [0, 0.1) is 6.92 Å². The summed E-state index contributed by atoms with van der Waals surface area (Å²) in [5.41, 5.74) is 2.74. The van der Waals surface area contributed by atoms with Crippen LogP contribution in [0.3, 0.4) is 0 Å². The molecule has 0 saturated carbocycles. The van der Waals surface area contributed by atoms with E-state index in [-0.39, 0.29) is 0 Å². The summed E-state index contributed by atoms with van der Waals surface area (Å²) in [5, 5.41) is 0. The Bertz CT molecular complexity index is 345. The van der Waals surface area contributed by atoms with E-state index < -0.39 is 6.26 Å². The van der Waals surface area contributed by atoms with Crippen LogP contribution >= 0.6 is 0 Å². The standard InChI is InChI=1S/C13H18O.C2H6/c1-3-4-5-7-12-8-6-9-13(10-14)11(12)2;1-2/h6,8-10H,3-5,7H2,1-2H3;1-2H3/i10T;. The number of hydrogen-bond donors (Lipinski definition) is 0. The normalized spacial score (nSPS) is 10.1. The van der Waals surface area contributed by atoms with Crippen LogP contribution in [0.4, 0.5) is 0 Å². The first-order valence-electron chi connectivity index (χ1n) is 6.76. The van der Waals surface area contributed by atoms with Gasteiger partial charge in [0, 0.05) is 5.56 Å². The van der Waals surface area contributed by atoms with Gasteiger partial charge >= 0.3 is 0 Å². The van der Waals surface area contributed by atoms with Gasteiger partial charge in [-0.25, -0.2) is 0 Å². The number of rotatable bonds is 5. The lowest BCUT2D eigenvalue weighted by Gasteiger charge is -2.06. The molecule has 16 heavy (non-hydrogen) atoms. The minimum Gasteiger partial charge on any atom is -0.298 e. The zero-order valence-electron chi connectivity index (χ0n) is 12.0. The number of hydrogen-bond acceptors (Lipinski definition) is 1. The minimum absolute atomic E-state index is 0.545. The molecule has 0 aromatic heterocycles. The quantitative estimate of drug-likeness (QED) is 0.527. The average molecular weight is 222 g/mol. The molecular weight excluding hydrogens is 196 g/mol. The van der Waals surface area contributed by atoms with Gasteiger partial charge in [0.25, 0.3) is 0 Å². The van der Waals surface area contributed by atoms with Crippen LogP contribution in [0.5, 0.6) is 0 Å². The zero-order valence-corrected chi connectivity index (χ0v) is 11.0. The van der Waals surface area contributed by atoms with Crippen LogP contribution in [-0.4, -0.2) is 6.26 Å². The lowest BCUT2D eigenvalue weighted by molar-refractivity contribution is 0.112. The number of aryl methyl sites for hydroxylation is 1. The summed E-state index contributed by atoms with van der Waals surface area (Å²) in [5.74, 6) is 0. The molecule has 0 radical (unpaired) electrons. The molecule has 90 valence electrons. The van der Waals surface area contributed by atoms with Crippen molar-refractivity contribution in [2.45, 2.75) is 53.4 Å². The van der Waals surface area contributed by atoms with Gasteiger partial charge in [0.1, 0.15) is 7.63 Å². The van der Waals surface area contributed by atoms with E-state index in [2.05, 4.69) is 13.0 Å². The Morgan fingerprint density at radius 1 is 1.31 bits per heavy atom. The maximum absolute atomic E-state index is 11.0. The molecule has 1 heteroatoms. The van der Waals surface area contributed by atoms with E-state index in [1.54, 1.807) is 6.07 Å². The maximum atomic E-state index is 11.0. The van der Waals surface area contributed by atoms with Crippen LogP contribution in [0.25, 0.3) is 0 Å². The highest BCUT2D eigenvalue weighted by molar-refractivity contribution is 5.77. The van der Waals surface area contributed by atoms with Gasteiger partial charge in [0.05, 0.1) is 0 Å². The monoisotopic (exact) mass is 222 g/mol. The van der Waals surface area contributed by atoms with E-state index in [4.69, 9.17) is 1.37 Å². The molecule has 0 spiro atoms. The van der Waals surface area contributed by atoms with Crippen molar-refractivity contribution >= 4 is 6.26 Å². The second kappa shape index (κ2) is 9.14. The molecule has 0 atom stereocenters. The Hall–Kier alpha value is -1.11. The Labute approximate surface area is 101 Å². The zero-order chi connectivity index (χ0) is 13.3. The van der Waals surface area contributed by atoms with Gasteiger partial charge in [-0.3, -0.25) is 4.79 Å². The molecule has 0 N–H and O–H groups in total. The van der Waals surface area contributed by atoms with E-state index in [1.165, 1.54) is 18.4 Å². The number of carbonyl (C=O) groups is 1. The molecule has 0 bridgehead atoms. The van der Waals surface area contributed by atoms with E-state index in [0.717, 1.165) is 18.4 Å². The van der Waals surface area contributed by atoms with Crippen molar-refractivity contribution < 1.29 is 6.17 Å². The summed E-state index contributed by atoms with van der Waals surface area (Å²) in [6.45, 7) is 8.11. The van der Waals surface area contributed by atoms with Crippen LogP contribution in [-0.2, 0) is 6.42 Å². The molecular formula is C15H24O. The third-order valence-corrected chi connectivity index (χ3v) is 2.61. The Morgan fingerprint density at radius 3 is 2.56 bits per heavy atom. The van der Waals surface area contributed by atoms with Gasteiger partial charge < -0.3 is 0 Å². The summed E-state index contributed by atoms with van der Waals surface area (Å²) in [6, 6.07) is 5.65. The molecule has 1 nitrogen and oxygen atoms in total. The molecule has 0 aliphatic carbocycles. The molecule has 1 aromatic rings. The maximum Gasteiger partial charge on any atom is 0.150 e. The van der Waals surface area contributed by atoms with E-state index in [9.17, 15) is 4.79 Å². The number of unbranched alkanes of at least 4 members (excludes halogenated alkanes) is 2. The second-order valence-electron chi connectivity index (χ2n) is 3.65. The van der Waals surface area contributed by atoms with Crippen LogP contribution < -0.4 is 0 Å². The SMILES string of the molecule is CC.[3H]C(=O)c1cccc(CCCCC)c1C. The highest BCUT2D eigenvalue weighted by Crippen LogP contribution is 2.15. The molecule has 1 aromatic carbocycles. The smallest absolute Gasteiger partial charge is 0.150 e. The molecule has 0 aliphatic heterocycles. The molecule has 0 aliphatic rings. The summed E-state index contributed by atoms with van der Waals surface area (Å²) >= 11 is 0. The Balaban J connectivity index is 0.00000121. The minimum atomic E-state index is -0.579. The highest BCUT2D eigenvalue weighted by atomic mass is 16.1. The van der Waals surface area contributed by atoms with Crippen molar-refractivity contribution in [3.8, 4) is 0 Å². The fraction of sp³-hybridized carbons (Fsp3) is 0.533. The van der Waals surface area contributed by atoms with E-state index in [0.29, 0.717) is 5.56 Å². The molecule has 0 saturated heterocycles. The lowest BCUT2D eigenvalue weighted by atomic mass is 9.98. The van der Waals surface area contributed by atoms with E-state index >= 15 is 0 Å². The third kappa shape index (κ3) is 4.61. The topological polar surface area (TPSA) is 17.1 Å². The van der Waals surface area contributed by atoms with Crippen molar-refractivity contribution in [2.75, 3.05) is 0 Å². The van der Waals surface area contributed by atoms with Crippen molar-refractivity contribution in [2.24, 2.45) is 0 Å². The first-order valence-corrected chi connectivity index (χ1v) is 6.26. The number of carbonyl (C=O) groups excluding carboxylic acids is 1. The summed E-state index contributed by atoms with van der Waals surface area (Å²) in [7, 11) is 0. The average Bonchev–Trinajstić information content (AvgIpc) is 2.34. The van der Waals surface area contributed by atoms with Gasteiger partial charge in [0.2, 0.25) is 0 Å². The predicted molar refractivity (Wildman–Crippen MR) is 71.1 cm³/mol. The van der Waals surface area contributed by atoms with Gasteiger partial charge in [-0.1, -0.05) is 51.8 Å². The van der Waals surface area contributed by atoms with Crippen LogP contribution in [0.15, 0.2) is 18.2 Å². The number of aldehydes is 1. The second-order valence-corrected chi connectivity index (χ2v) is 3.65. The van der Waals surface area contributed by atoms with Crippen molar-refractivity contribution in [3.05, 3.63) is 34.9 Å². The fourth-order valence-corrected chi connectivity index (χ4v) is 1.63. The summed E-state index contributed by atoms with van der Waals surface area (Å²) in [4.78, 5) is 11.0. The largest absolute Gasteiger partial charge is 0.298 e. The fourth-order valence-electron chi connectivity index (χ4n) is 1.63. The van der Waals surface area contributed by atoms with Crippen molar-refractivity contribution in [1.82, 2.24) is 0 Å². The first-order chi connectivity index (χ1) is 8.16. The summed E-state index contributed by atoms with van der Waals surface area (Å²) in [6.07, 6.45) is 4.02. The predicted octanol–water partition coefficient (Wildman–Crippen LogP) is 4.57. The number of benzene rings is 1. The first kappa shape index (κ1) is 13.0. The molecule has 0 unspecified atom stereocenters. The van der Waals surface area contributed by atoms with Crippen molar-refractivity contribution in [1.29, 1.82) is 0 Å². The highest BCUT2D eigenvalue weighted by Gasteiger charge is 2.01. The van der Waals surface area contributed by atoms with Gasteiger partial charge in [-0.15, -0.1) is 0 Å².